The molecule has 2 N–H and O–H groups in total. The second kappa shape index (κ2) is 6.53. The van der Waals surface area contributed by atoms with Gasteiger partial charge < -0.3 is 10.3 Å². The first-order valence-electron chi connectivity index (χ1n) is 6.89. The number of nitrogens with zero attached hydrogens (tertiary/aromatic N) is 1. The maximum Gasteiger partial charge on any atom is 0.146 e. The number of aromatic nitrogens is 1. The van der Waals surface area contributed by atoms with Gasteiger partial charge in [-0.1, -0.05) is 52.6 Å². The Balaban J connectivity index is 2.14. The average molecular weight is 333 g/mol. The molecule has 22 heavy (non-hydrogen) atoms. The van der Waals surface area contributed by atoms with E-state index in [9.17, 15) is 0 Å². The van der Waals surface area contributed by atoms with Gasteiger partial charge in [0, 0.05) is 22.0 Å². The molecule has 0 bridgehead atoms. The summed E-state index contributed by atoms with van der Waals surface area (Å²) in [7, 11) is 0. The van der Waals surface area contributed by atoms with Crippen molar-refractivity contribution in [3.63, 3.8) is 0 Å². The highest BCUT2D eigenvalue weighted by molar-refractivity contribution is 6.31. The molecular formula is C17H14Cl2N2O. The Labute approximate surface area is 138 Å². The van der Waals surface area contributed by atoms with Gasteiger partial charge in [0.05, 0.1) is 5.56 Å². The van der Waals surface area contributed by atoms with E-state index < -0.39 is 0 Å². The Morgan fingerprint density at radius 3 is 1.95 bits per heavy atom. The minimum atomic E-state index is 0.496. The Morgan fingerprint density at radius 1 is 0.864 bits per heavy atom. The maximum absolute atomic E-state index is 5.97. The van der Waals surface area contributed by atoms with Crippen LogP contribution in [0.4, 0.5) is 0 Å². The number of benzene rings is 2. The summed E-state index contributed by atoms with van der Waals surface area (Å²) in [6.07, 6.45) is 0.624. The molecule has 3 aromatic rings. The van der Waals surface area contributed by atoms with Crippen molar-refractivity contribution in [2.75, 3.05) is 6.54 Å². The minimum Gasteiger partial charge on any atom is -0.360 e. The predicted molar refractivity (Wildman–Crippen MR) is 90.2 cm³/mol. The zero-order valence-electron chi connectivity index (χ0n) is 11.7. The van der Waals surface area contributed by atoms with Crippen molar-refractivity contribution < 1.29 is 4.52 Å². The van der Waals surface area contributed by atoms with Gasteiger partial charge in [-0.2, -0.15) is 0 Å². The van der Waals surface area contributed by atoms with Crippen molar-refractivity contribution in [1.82, 2.24) is 5.16 Å². The number of halogens is 2. The normalized spacial score (nSPS) is 10.9. The molecule has 0 unspecified atom stereocenters. The molecule has 1 aromatic heterocycles. The molecule has 3 rings (SSSR count). The molecule has 0 aliphatic rings. The quantitative estimate of drug-likeness (QED) is 0.745. The van der Waals surface area contributed by atoms with E-state index in [2.05, 4.69) is 5.16 Å². The van der Waals surface area contributed by atoms with E-state index in [1.807, 2.05) is 48.5 Å². The lowest BCUT2D eigenvalue weighted by atomic mass is 9.98. The SMILES string of the molecule is NCCc1onc(-c2ccc(Cl)cc2)c1-c1ccc(Cl)cc1. The zero-order chi connectivity index (χ0) is 15.5. The monoisotopic (exact) mass is 332 g/mol. The lowest BCUT2D eigenvalue weighted by molar-refractivity contribution is 0.387. The van der Waals surface area contributed by atoms with Gasteiger partial charge in [-0.05, 0) is 36.4 Å². The van der Waals surface area contributed by atoms with Gasteiger partial charge in [-0.3, -0.25) is 0 Å². The number of rotatable bonds is 4. The third-order valence-electron chi connectivity index (χ3n) is 3.38. The molecule has 5 heteroatoms. The van der Waals surface area contributed by atoms with Crippen LogP contribution in [-0.4, -0.2) is 11.7 Å². The van der Waals surface area contributed by atoms with Crippen molar-refractivity contribution in [3.05, 3.63) is 64.3 Å². The molecule has 0 amide bonds. The summed E-state index contributed by atoms with van der Waals surface area (Å²) < 4.78 is 5.51. The summed E-state index contributed by atoms with van der Waals surface area (Å²) in [6, 6.07) is 15.1. The molecule has 0 radical (unpaired) electrons. The first kappa shape index (κ1) is 15.1. The number of hydrogen-bond acceptors (Lipinski definition) is 3. The van der Waals surface area contributed by atoms with Crippen LogP contribution < -0.4 is 5.73 Å². The van der Waals surface area contributed by atoms with Gasteiger partial charge in [0.25, 0.3) is 0 Å². The van der Waals surface area contributed by atoms with Crippen molar-refractivity contribution in [1.29, 1.82) is 0 Å². The fourth-order valence-corrected chi connectivity index (χ4v) is 2.60. The van der Waals surface area contributed by atoms with Crippen LogP contribution in [0.3, 0.4) is 0 Å². The number of hydrogen-bond donors (Lipinski definition) is 1. The smallest absolute Gasteiger partial charge is 0.146 e. The van der Waals surface area contributed by atoms with Gasteiger partial charge in [-0.25, -0.2) is 0 Å². The van der Waals surface area contributed by atoms with Crippen LogP contribution in [0.15, 0.2) is 53.1 Å². The molecule has 1 heterocycles. The molecule has 0 saturated heterocycles. The molecule has 0 spiro atoms. The summed E-state index contributed by atoms with van der Waals surface area (Å²) in [5.74, 6) is 0.773. The van der Waals surface area contributed by atoms with E-state index in [4.69, 9.17) is 33.5 Å². The second-order valence-corrected chi connectivity index (χ2v) is 5.75. The molecule has 0 atom stereocenters. The molecule has 0 aliphatic heterocycles. The van der Waals surface area contributed by atoms with Crippen molar-refractivity contribution >= 4 is 23.2 Å². The van der Waals surface area contributed by atoms with Crippen LogP contribution >= 0.6 is 23.2 Å². The molecule has 0 fully saturated rings. The highest BCUT2D eigenvalue weighted by Crippen LogP contribution is 2.35. The maximum atomic E-state index is 5.97. The predicted octanol–water partition coefficient (Wildman–Crippen LogP) is 4.82. The van der Waals surface area contributed by atoms with Crippen molar-refractivity contribution in [2.24, 2.45) is 5.73 Å². The first-order chi connectivity index (χ1) is 10.7. The molecule has 3 nitrogen and oxygen atoms in total. The average Bonchev–Trinajstić information content (AvgIpc) is 2.93. The van der Waals surface area contributed by atoms with E-state index in [0.29, 0.717) is 23.0 Å². The van der Waals surface area contributed by atoms with Crippen LogP contribution in [0.25, 0.3) is 22.4 Å². The number of nitrogens with two attached hydrogens (primary N) is 1. The van der Waals surface area contributed by atoms with Crippen LogP contribution in [0.5, 0.6) is 0 Å². The second-order valence-electron chi connectivity index (χ2n) is 4.88. The summed E-state index contributed by atoms with van der Waals surface area (Å²) in [5, 5.41) is 5.60. The van der Waals surface area contributed by atoms with Crippen molar-refractivity contribution in [2.45, 2.75) is 6.42 Å². The van der Waals surface area contributed by atoms with Crippen molar-refractivity contribution in [3.8, 4) is 22.4 Å². The van der Waals surface area contributed by atoms with Gasteiger partial charge in [0.1, 0.15) is 11.5 Å². The Bertz CT molecular complexity index is 764. The lowest BCUT2D eigenvalue weighted by Crippen LogP contribution is -2.02. The first-order valence-corrected chi connectivity index (χ1v) is 7.65. The minimum absolute atomic E-state index is 0.496. The molecule has 0 aliphatic carbocycles. The lowest BCUT2D eigenvalue weighted by Gasteiger charge is -2.05. The Kier molecular flexibility index (Phi) is 4.48. The fraction of sp³-hybridized carbons (Fsp3) is 0.118. The molecular weight excluding hydrogens is 319 g/mol. The van der Waals surface area contributed by atoms with E-state index in [1.165, 1.54) is 0 Å². The van der Waals surface area contributed by atoms with Gasteiger partial charge in [-0.15, -0.1) is 0 Å². The van der Waals surface area contributed by atoms with Crippen LogP contribution in [0.1, 0.15) is 5.76 Å². The Morgan fingerprint density at radius 2 is 1.41 bits per heavy atom. The van der Waals surface area contributed by atoms with Crippen LogP contribution in [0.2, 0.25) is 10.0 Å². The van der Waals surface area contributed by atoms with Crippen LogP contribution in [-0.2, 0) is 6.42 Å². The summed E-state index contributed by atoms with van der Waals surface area (Å²) in [5.41, 5.74) is 9.35. The molecule has 0 saturated carbocycles. The summed E-state index contributed by atoms with van der Waals surface area (Å²) in [6.45, 7) is 0.496. The molecule has 2 aromatic carbocycles. The van der Waals surface area contributed by atoms with E-state index >= 15 is 0 Å². The highest BCUT2D eigenvalue weighted by atomic mass is 35.5. The largest absolute Gasteiger partial charge is 0.360 e. The van der Waals surface area contributed by atoms with E-state index in [1.54, 1.807) is 0 Å². The fourth-order valence-electron chi connectivity index (χ4n) is 2.34. The van der Waals surface area contributed by atoms with Gasteiger partial charge >= 0.3 is 0 Å². The zero-order valence-corrected chi connectivity index (χ0v) is 13.2. The summed E-state index contributed by atoms with van der Waals surface area (Å²) in [4.78, 5) is 0. The summed E-state index contributed by atoms with van der Waals surface area (Å²) >= 11 is 11.9. The topological polar surface area (TPSA) is 52.0 Å². The highest BCUT2D eigenvalue weighted by Gasteiger charge is 2.18. The Hall–Kier alpha value is -1.81. The third kappa shape index (κ3) is 3.02. The van der Waals surface area contributed by atoms with Gasteiger partial charge in [0.2, 0.25) is 0 Å². The third-order valence-corrected chi connectivity index (χ3v) is 3.89. The van der Waals surface area contributed by atoms with Gasteiger partial charge in [0.15, 0.2) is 0 Å². The molecule has 112 valence electrons. The van der Waals surface area contributed by atoms with E-state index in [0.717, 1.165) is 28.1 Å². The standard InChI is InChI=1S/C17H14Cl2N2O/c18-13-5-1-11(2-6-13)16-15(9-10-20)22-21-17(16)12-3-7-14(19)8-4-12/h1-8H,9-10,20H2. The van der Waals surface area contributed by atoms with Crippen LogP contribution in [0, 0.1) is 0 Å². The van der Waals surface area contributed by atoms with E-state index in [-0.39, 0.29) is 0 Å².